The predicted octanol–water partition coefficient (Wildman–Crippen LogP) is 1.76. The van der Waals surface area contributed by atoms with E-state index in [4.69, 9.17) is 4.74 Å². The molecule has 1 aromatic carbocycles. The van der Waals surface area contributed by atoms with Crippen molar-refractivity contribution in [3.63, 3.8) is 0 Å². The van der Waals surface area contributed by atoms with Crippen molar-refractivity contribution in [1.82, 2.24) is 9.97 Å². The summed E-state index contributed by atoms with van der Waals surface area (Å²) in [4.78, 5) is 7.55. The number of imidazole rings is 1. The van der Waals surface area contributed by atoms with E-state index < -0.39 is 6.10 Å². The van der Waals surface area contributed by atoms with Crippen LogP contribution in [0.15, 0.2) is 24.3 Å². The van der Waals surface area contributed by atoms with Crippen LogP contribution < -0.4 is 5.32 Å². The second kappa shape index (κ2) is 5.59. The molecule has 0 aliphatic heterocycles. The number of aromatic nitrogens is 2. The van der Waals surface area contributed by atoms with Crippen molar-refractivity contribution in [2.45, 2.75) is 18.9 Å². The van der Waals surface area contributed by atoms with Gasteiger partial charge in [-0.3, -0.25) is 0 Å². The predicted molar refractivity (Wildman–Crippen MR) is 74.1 cm³/mol. The summed E-state index contributed by atoms with van der Waals surface area (Å²) >= 11 is 0. The van der Waals surface area contributed by atoms with Gasteiger partial charge in [-0.2, -0.15) is 0 Å². The maximum absolute atomic E-state index is 9.79. The van der Waals surface area contributed by atoms with Crippen LogP contribution in [0, 0.1) is 5.92 Å². The minimum absolute atomic E-state index is 0.379. The van der Waals surface area contributed by atoms with Gasteiger partial charge >= 0.3 is 0 Å². The van der Waals surface area contributed by atoms with E-state index >= 15 is 0 Å². The van der Waals surface area contributed by atoms with E-state index in [-0.39, 0.29) is 0 Å². The minimum atomic E-state index is -0.507. The number of para-hydroxylation sites is 2. The molecule has 2 aromatic rings. The number of rotatable bonds is 7. The molecular weight excluding hydrogens is 242 g/mol. The molecule has 1 fully saturated rings. The second-order valence-corrected chi connectivity index (χ2v) is 5.12. The van der Waals surface area contributed by atoms with Crippen LogP contribution in [0.2, 0.25) is 0 Å². The Labute approximate surface area is 112 Å². The van der Waals surface area contributed by atoms with Crippen LogP contribution in [0.5, 0.6) is 0 Å². The number of aliphatic hydroxyl groups is 1. The minimum Gasteiger partial charge on any atom is -0.389 e. The molecule has 1 unspecified atom stereocenters. The normalized spacial score (nSPS) is 16.7. The first-order chi connectivity index (χ1) is 9.31. The summed E-state index contributed by atoms with van der Waals surface area (Å²) < 4.78 is 5.45. The Bertz CT molecular complexity index is 503. The van der Waals surface area contributed by atoms with Crippen LogP contribution >= 0.6 is 0 Å². The van der Waals surface area contributed by atoms with Crippen LogP contribution in [0.1, 0.15) is 12.8 Å². The van der Waals surface area contributed by atoms with E-state index in [9.17, 15) is 5.11 Å². The topological polar surface area (TPSA) is 70.2 Å². The number of H-pyrrole nitrogens is 1. The number of aromatic amines is 1. The van der Waals surface area contributed by atoms with Gasteiger partial charge in [0.2, 0.25) is 5.95 Å². The zero-order valence-corrected chi connectivity index (χ0v) is 10.8. The van der Waals surface area contributed by atoms with Gasteiger partial charge in [0, 0.05) is 13.2 Å². The maximum atomic E-state index is 9.79. The number of hydrogen-bond donors (Lipinski definition) is 3. The van der Waals surface area contributed by atoms with Crippen molar-refractivity contribution < 1.29 is 9.84 Å². The fourth-order valence-corrected chi connectivity index (χ4v) is 1.97. The monoisotopic (exact) mass is 261 g/mol. The SMILES string of the molecule is OC(CNc1nc2ccccc2[nH]1)COCC1CC1. The van der Waals surface area contributed by atoms with Crippen LogP contribution in [-0.2, 0) is 4.74 Å². The highest BCUT2D eigenvalue weighted by atomic mass is 16.5. The van der Waals surface area contributed by atoms with Crippen molar-refractivity contribution in [1.29, 1.82) is 0 Å². The van der Waals surface area contributed by atoms with Crippen molar-refractivity contribution in [3.05, 3.63) is 24.3 Å². The van der Waals surface area contributed by atoms with Crippen LogP contribution in [0.3, 0.4) is 0 Å². The quantitative estimate of drug-likeness (QED) is 0.710. The first-order valence-corrected chi connectivity index (χ1v) is 6.75. The Morgan fingerprint density at radius 2 is 2.26 bits per heavy atom. The van der Waals surface area contributed by atoms with Crippen LogP contribution in [0.4, 0.5) is 5.95 Å². The lowest BCUT2D eigenvalue weighted by molar-refractivity contribution is 0.0385. The lowest BCUT2D eigenvalue weighted by Gasteiger charge is -2.11. The summed E-state index contributed by atoms with van der Waals surface area (Å²) in [5.74, 6) is 1.41. The standard InChI is InChI=1S/C14H19N3O2/c18-11(9-19-8-10-5-6-10)7-15-14-16-12-3-1-2-4-13(12)17-14/h1-4,10-11,18H,5-9H2,(H2,15,16,17). The molecule has 0 saturated heterocycles. The van der Waals surface area contributed by atoms with E-state index in [0.29, 0.717) is 19.1 Å². The number of nitrogens with one attached hydrogen (secondary N) is 2. The molecule has 0 radical (unpaired) electrons. The molecule has 19 heavy (non-hydrogen) atoms. The second-order valence-electron chi connectivity index (χ2n) is 5.12. The van der Waals surface area contributed by atoms with E-state index in [1.54, 1.807) is 0 Å². The Morgan fingerprint density at radius 3 is 3.05 bits per heavy atom. The summed E-state index contributed by atoms with van der Waals surface area (Å²) in [7, 11) is 0. The maximum Gasteiger partial charge on any atom is 0.201 e. The molecule has 0 bridgehead atoms. The fraction of sp³-hybridized carbons (Fsp3) is 0.500. The molecule has 5 heteroatoms. The largest absolute Gasteiger partial charge is 0.389 e. The smallest absolute Gasteiger partial charge is 0.201 e. The highest BCUT2D eigenvalue weighted by Gasteiger charge is 2.21. The molecule has 102 valence electrons. The molecule has 3 rings (SSSR count). The molecule has 1 heterocycles. The molecular formula is C14H19N3O2. The van der Waals surface area contributed by atoms with E-state index in [0.717, 1.165) is 23.6 Å². The van der Waals surface area contributed by atoms with Gasteiger partial charge in [-0.25, -0.2) is 4.98 Å². The lowest BCUT2D eigenvalue weighted by Crippen LogP contribution is -2.25. The third kappa shape index (κ3) is 3.45. The Balaban J connectivity index is 1.45. The molecule has 1 aromatic heterocycles. The van der Waals surface area contributed by atoms with Crippen LogP contribution in [-0.4, -0.2) is 40.9 Å². The number of ether oxygens (including phenoxy) is 1. The van der Waals surface area contributed by atoms with Gasteiger partial charge in [-0.05, 0) is 30.9 Å². The fourth-order valence-electron chi connectivity index (χ4n) is 1.97. The molecule has 0 amide bonds. The summed E-state index contributed by atoms with van der Waals surface area (Å²) in [6.45, 7) is 1.59. The number of fused-ring (bicyclic) bond motifs is 1. The zero-order chi connectivity index (χ0) is 13.1. The molecule has 0 spiro atoms. The number of hydrogen-bond acceptors (Lipinski definition) is 4. The molecule has 1 aliphatic carbocycles. The summed E-state index contributed by atoms with van der Waals surface area (Å²) in [5, 5.41) is 12.9. The average molecular weight is 261 g/mol. The van der Waals surface area contributed by atoms with E-state index in [2.05, 4.69) is 15.3 Å². The number of anilines is 1. The van der Waals surface area contributed by atoms with E-state index in [1.807, 2.05) is 24.3 Å². The Morgan fingerprint density at radius 1 is 1.42 bits per heavy atom. The highest BCUT2D eigenvalue weighted by Crippen LogP contribution is 2.28. The number of nitrogens with zero attached hydrogens (tertiary/aromatic N) is 1. The summed E-state index contributed by atoms with van der Waals surface area (Å²) in [5.41, 5.74) is 1.91. The first kappa shape index (κ1) is 12.4. The van der Waals surface area contributed by atoms with Crippen molar-refractivity contribution in [3.8, 4) is 0 Å². The van der Waals surface area contributed by atoms with Crippen molar-refractivity contribution in [2.24, 2.45) is 5.92 Å². The van der Waals surface area contributed by atoms with Crippen molar-refractivity contribution in [2.75, 3.05) is 25.1 Å². The van der Waals surface area contributed by atoms with Gasteiger partial charge in [0.25, 0.3) is 0 Å². The molecule has 5 nitrogen and oxygen atoms in total. The van der Waals surface area contributed by atoms with Gasteiger partial charge in [0.15, 0.2) is 0 Å². The van der Waals surface area contributed by atoms with Crippen LogP contribution in [0.25, 0.3) is 11.0 Å². The van der Waals surface area contributed by atoms with E-state index in [1.165, 1.54) is 12.8 Å². The Kier molecular flexibility index (Phi) is 3.66. The van der Waals surface area contributed by atoms with Gasteiger partial charge in [0.1, 0.15) is 0 Å². The first-order valence-electron chi connectivity index (χ1n) is 6.75. The van der Waals surface area contributed by atoms with Gasteiger partial charge in [0.05, 0.1) is 23.7 Å². The third-order valence-electron chi connectivity index (χ3n) is 3.26. The zero-order valence-electron chi connectivity index (χ0n) is 10.8. The van der Waals surface area contributed by atoms with Crippen molar-refractivity contribution >= 4 is 17.0 Å². The molecule has 3 N–H and O–H groups in total. The van der Waals surface area contributed by atoms with Gasteiger partial charge in [-0.15, -0.1) is 0 Å². The average Bonchev–Trinajstić information content (AvgIpc) is 3.14. The summed E-state index contributed by atoms with van der Waals surface area (Å²) in [6.07, 6.45) is 2.03. The summed E-state index contributed by atoms with van der Waals surface area (Å²) in [6, 6.07) is 7.84. The lowest BCUT2D eigenvalue weighted by atomic mass is 10.3. The number of benzene rings is 1. The number of aliphatic hydroxyl groups excluding tert-OH is 1. The third-order valence-corrected chi connectivity index (χ3v) is 3.26. The molecule has 1 saturated carbocycles. The molecule has 1 aliphatic rings. The Hall–Kier alpha value is -1.59. The van der Waals surface area contributed by atoms with Gasteiger partial charge in [-0.1, -0.05) is 12.1 Å². The highest BCUT2D eigenvalue weighted by molar-refractivity contribution is 5.77. The molecule has 1 atom stereocenters. The van der Waals surface area contributed by atoms with Gasteiger partial charge < -0.3 is 20.1 Å².